The fourth-order valence-corrected chi connectivity index (χ4v) is 16.3. The summed E-state index contributed by atoms with van der Waals surface area (Å²) in [4.78, 5) is 64.2. The van der Waals surface area contributed by atoms with Gasteiger partial charge in [-0.05, 0) is 221 Å². The fourth-order valence-electron chi connectivity index (χ4n) is 16.3. The SMILES string of the molecule is C=C(O)/C=C\CCCC(O)c1c(OC)cc(OC)c(OC)c1OCCN1CCCCC1.COc1cc(OC)c(C(O)CCc2ccc(O)cc2)c(OCCN2CCCCC2)c1OC.COc1cc(OC)c(C(O)CCc2ccc(O)cc2)c(OCCN2CCCCC2)c1OC.COc1cc(OC)c(C(O)CCc2ccc(O)cc2)c(OCCN2CCCCC2)c1OC.O=C(O)C(=O)O.O=C(O)C(=O)O.O=C(O)C(=O)O. The fraction of sp³-hybridized carbons (Fsp3) is 0.505. The first kappa shape index (κ1) is 122. The van der Waals surface area contributed by atoms with Gasteiger partial charge in [-0.2, -0.15) is 0 Å². The number of allylic oxidation sites excluding steroid dienone is 2. The van der Waals surface area contributed by atoms with E-state index in [9.17, 15) is 35.7 Å². The second kappa shape index (κ2) is 67.2. The van der Waals surface area contributed by atoms with Crippen molar-refractivity contribution in [2.24, 2.45) is 0 Å². The number of hydrogen-bond acceptors (Lipinski definition) is 34. The van der Waals surface area contributed by atoms with Crippen LogP contribution in [-0.4, -0.2) is 317 Å². The summed E-state index contributed by atoms with van der Waals surface area (Å²) in [6.45, 7) is 17.3. The molecule has 0 bridgehead atoms. The smallest absolute Gasteiger partial charge is 0.414 e. The molecule has 4 saturated heterocycles. The molecule has 0 radical (unpaired) electrons. The van der Waals surface area contributed by atoms with Crippen LogP contribution in [0.4, 0.5) is 0 Å². The number of piperidine rings is 4. The van der Waals surface area contributed by atoms with Gasteiger partial charge in [0.15, 0.2) is 46.0 Å². The lowest BCUT2D eigenvalue weighted by atomic mass is 9.98. The predicted molar refractivity (Wildman–Crippen MR) is 537 cm³/mol. The van der Waals surface area contributed by atoms with Gasteiger partial charge >= 0.3 is 35.8 Å². The van der Waals surface area contributed by atoms with E-state index in [0.717, 1.165) is 102 Å². The molecule has 7 aromatic carbocycles. The van der Waals surface area contributed by atoms with Gasteiger partial charge < -0.3 is 147 Å². The van der Waals surface area contributed by atoms with E-state index in [2.05, 4.69) is 26.2 Å². The topological polar surface area (TPSA) is 546 Å². The number of benzene rings is 7. The average Bonchev–Trinajstić information content (AvgIpc) is 0.794. The van der Waals surface area contributed by atoms with Gasteiger partial charge in [0.2, 0.25) is 23.0 Å². The molecule has 4 aliphatic rings. The normalized spacial score (nSPS) is 14.3. The highest BCUT2D eigenvalue weighted by atomic mass is 16.6. The van der Waals surface area contributed by atoms with Crippen LogP contribution in [-0.2, 0) is 48.0 Å². The molecule has 7 aromatic rings. The molecule has 40 heteroatoms. The molecular weight excluding hydrogens is 1890 g/mol. The highest BCUT2D eigenvalue weighted by Gasteiger charge is 2.33. The molecule has 40 nitrogen and oxygen atoms in total. The molecule has 804 valence electrons. The van der Waals surface area contributed by atoms with Gasteiger partial charge in [0.1, 0.15) is 72.4 Å². The van der Waals surface area contributed by atoms with Gasteiger partial charge in [0.25, 0.3) is 0 Å². The number of nitrogens with zero attached hydrogens (tertiary/aromatic N) is 4. The van der Waals surface area contributed by atoms with Crippen molar-refractivity contribution in [3.8, 4) is 109 Å². The summed E-state index contributed by atoms with van der Waals surface area (Å²) in [6.07, 6.45) is 20.2. The number of aromatic hydroxyl groups is 3. The molecule has 4 fully saturated rings. The number of hydrogen-bond donors (Lipinski definition) is 14. The Balaban J connectivity index is 0.000000321. The van der Waals surface area contributed by atoms with Crippen LogP contribution in [0.5, 0.6) is 109 Å². The molecule has 0 amide bonds. The molecule has 14 N–H and O–H groups in total. The second-order valence-corrected chi connectivity index (χ2v) is 33.6. The predicted octanol–water partition coefficient (Wildman–Crippen LogP) is 13.7. The quantitative estimate of drug-likeness (QED) is 0.00729. The Morgan fingerprint density at radius 3 is 0.669 bits per heavy atom. The third-order valence-electron chi connectivity index (χ3n) is 23.8. The molecule has 0 spiro atoms. The number of phenolic OH excluding ortho intramolecular Hbond substituents is 3. The van der Waals surface area contributed by atoms with E-state index in [0.29, 0.717) is 192 Å². The molecule has 4 atom stereocenters. The average molecular weight is 2040 g/mol. The number of aliphatic hydroxyl groups excluding tert-OH is 5. The van der Waals surface area contributed by atoms with Crippen molar-refractivity contribution < 1.29 is 176 Å². The third-order valence-corrected chi connectivity index (χ3v) is 23.8. The first-order chi connectivity index (χ1) is 69.6. The Kier molecular flexibility index (Phi) is 56.5. The molecule has 0 aliphatic carbocycles. The Bertz CT molecular complexity index is 4640. The van der Waals surface area contributed by atoms with Crippen molar-refractivity contribution in [1.29, 1.82) is 0 Å². The maximum Gasteiger partial charge on any atom is 0.414 e. The number of ether oxygens (including phenoxy) is 16. The monoisotopic (exact) mass is 2040 g/mol. The van der Waals surface area contributed by atoms with Gasteiger partial charge in [0.05, 0.1) is 132 Å². The summed E-state index contributed by atoms with van der Waals surface area (Å²) in [5.74, 6) is -2.67. The van der Waals surface area contributed by atoms with Gasteiger partial charge in [-0.3, -0.25) is 19.6 Å². The lowest BCUT2D eigenvalue weighted by molar-refractivity contribution is -0.159. The minimum absolute atomic E-state index is 0.0199. The maximum absolute atomic E-state index is 11.1. The van der Waals surface area contributed by atoms with Crippen LogP contribution >= 0.6 is 0 Å². The molecule has 4 heterocycles. The zero-order valence-electron chi connectivity index (χ0n) is 85.1. The number of rotatable bonds is 46. The summed E-state index contributed by atoms with van der Waals surface area (Å²) in [5.41, 5.74) is 5.30. The highest BCUT2D eigenvalue weighted by Crippen LogP contribution is 2.53. The minimum Gasteiger partial charge on any atom is -0.509 e. The number of carbonyl (C=O) groups is 6. The molecule has 0 aromatic heterocycles. The van der Waals surface area contributed by atoms with Gasteiger partial charge in [-0.1, -0.05) is 74.7 Å². The molecule has 0 saturated carbocycles. The lowest BCUT2D eigenvalue weighted by Crippen LogP contribution is -2.33. The van der Waals surface area contributed by atoms with Crippen molar-refractivity contribution in [3.63, 3.8) is 0 Å². The molecule has 11 rings (SSSR count). The largest absolute Gasteiger partial charge is 0.509 e. The molecular formula is C105H148N4O36. The Hall–Kier alpha value is -13.5. The van der Waals surface area contributed by atoms with Gasteiger partial charge in [0, 0.05) is 50.4 Å². The highest BCUT2D eigenvalue weighted by molar-refractivity contribution is 6.28. The van der Waals surface area contributed by atoms with Crippen molar-refractivity contribution in [1.82, 2.24) is 19.6 Å². The van der Waals surface area contributed by atoms with Gasteiger partial charge in [-0.15, -0.1) is 0 Å². The van der Waals surface area contributed by atoms with Crippen LogP contribution in [0, 0.1) is 0 Å². The number of carboxylic acid groups (broad SMARTS) is 6. The first-order valence-corrected chi connectivity index (χ1v) is 47.9. The summed E-state index contributed by atoms with van der Waals surface area (Å²) < 4.78 is 91.6. The van der Waals surface area contributed by atoms with Crippen molar-refractivity contribution in [2.45, 2.75) is 159 Å². The first-order valence-electron chi connectivity index (χ1n) is 47.9. The number of unbranched alkanes of at least 4 members (excludes halogenated alkanes) is 1. The standard InChI is InChI=1S/3C25H35NO6.C24H37NO6.3C2H2O4/c3*1-29-21-17-22(30-2)24(31-3)25(32-16-15-26-13-5-4-6-14-26)23(21)20(28)12-9-18-7-10-19(27)11-8-18;1-18(26)11-7-5-8-12-19(27)22-20(28-2)17-21(29-3)23(30-4)24(22)31-16-15-25-13-9-6-10-14-25;3*3-1(4)2(5)6/h3*7-8,10-11,17,20,27-28H,4-6,9,12-16H2,1-3H3;7,11,17,19,26-27H,1,5-6,8-10,12-16H2,2-4H3;3*(H,3,4)(H,5,6)/b;;;11-7-;;;. The minimum atomic E-state index is -1.82. The Morgan fingerprint density at radius 1 is 0.290 bits per heavy atom. The number of carboxylic acids is 6. The van der Waals surface area contributed by atoms with Gasteiger partial charge in [-0.25, -0.2) is 28.8 Å². The van der Waals surface area contributed by atoms with Crippen molar-refractivity contribution in [3.05, 3.63) is 160 Å². The summed E-state index contributed by atoms with van der Waals surface area (Å²) in [5, 5.41) is 126. The van der Waals surface area contributed by atoms with E-state index in [1.165, 1.54) is 77.0 Å². The second-order valence-electron chi connectivity index (χ2n) is 33.6. The van der Waals surface area contributed by atoms with Crippen LogP contribution in [0.25, 0.3) is 0 Å². The molecule has 4 aliphatic heterocycles. The number of likely N-dealkylation sites (tertiary alicyclic amines) is 4. The number of aryl methyl sites for hydroxylation is 3. The van der Waals surface area contributed by atoms with Crippen LogP contribution in [0.15, 0.2) is 122 Å². The maximum atomic E-state index is 11.1. The van der Waals surface area contributed by atoms with Crippen molar-refractivity contribution in [2.75, 3.05) is 190 Å². The van der Waals surface area contributed by atoms with E-state index in [1.54, 1.807) is 152 Å². The number of aliphatic hydroxyl groups is 5. The van der Waals surface area contributed by atoms with E-state index >= 15 is 0 Å². The van der Waals surface area contributed by atoms with E-state index in [4.69, 9.17) is 140 Å². The van der Waals surface area contributed by atoms with E-state index in [-0.39, 0.29) is 23.0 Å². The van der Waals surface area contributed by atoms with Crippen molar-refractivity contribution >= 4 is 35.8 Å². The zero-order valence-corrected chi connectivity index (χ0v) is 85.1. The van der Waals surface area contributed by atoms with Crippen LogP contribution in [0.2, 0.25) is 0 Å². The molecule has 4 unspecified atom stereocenters. The van der Waals surface area contributed by atoms with Crippen LogP contribution in [0.1, 0.15) is 179 Å². The number of methoxy groups -OCH3 is 12. The zero-order chi connectivity index (χ0) is 107. The molecule has 145 heavy (non-hydrogen) atoms. The summed E-state index contributed by atoms with van der Waals surface area (Å²) >= 11 is 0. The van der Waals surface area contributed by atoms with E-state index < -0.39 is 60.2 Å². The number of phenols is 3. The number of aliphatic carboxylic acids is 6. The van der Waals surface area contributed by atoms with Crippen LogP contribution < -0.4 is 75.8 Å². The lowest BCUT2D eigenvalue weighted by Gasteiger charge is -2.27. The summed E-state index contributed by atoms with van der Waals surface area (Å²) in [6, 6.07) is 27.9. The Labute approximate surface area is 846 Å². The van der Waals surface area contributed by atoms with E-state index in [1.807, 2.05) is 42.5 Å². The third kappa shape index (κ3) is 41.6. The Morgan fingerprint density at radius 2 is 0.490 bits per heavy atom. The summed E-state index contributed by atoms with van der Waals surface area (Å²) in [7, 11) is 18.8. The van der Waals surface area contributed by atoms with Crippen LogP contribution in [0.3, 0.4) is 0 Å².